The number of piperazine rings is 1. The van der Waals surface area contributed by atoms with E-state index in [1.54, 1.807) is 0 Å². The number of benzene rings is 3. The number of hydrogen-bond acceptors (Lipinski definition) is 4. The number of hydrogen-bond donors (Lipinski definition) is 1. The van der Waals surface area contributed by atoms with E-state index < -0.39 is 9.84 Å². The average Bonchev–Trinajstić information content (AvgIpc) is 2.85. The summed E-state index contributed by atoms with van der Waals surface area (Å²) in [6, 6.07) is 28.9. The van der Waals surface area contributed by atoms with E-state index in [-0.39, 0.29) is 15.8 Å². The zero-order valence-corrected chi connectivity index (χ0v) is 19.6. The summed E-state index contributed by atoms with van der Waals surface area (Å²) in [5.74, 6) is 0. The van der Waals surface area contributed by atoms with E-state index in [4.69, 9.17) is 11.6 Å². The van der Waals surface area contributed by atoms with Gasteiger partial charge < -0.3 is 9.80 Å². The van der Waals surface area contributed by atoms with Crippen LogP contribution in [0.2, 0.25) is 5.02 Å². The van der Waals surface area contributed by atoms with Gasteiger partial charge in [0.05, 0.1) is 31.1 Å². The maximum atomic E-state index is 12.9. The molecule has 0 atom stereocenters. The van der Waals surface area contributed by atoms with Crippen molar-refractivity contribution in [2.45, 2.75) is 10.9 Å². The fourth-order valence-corrected chi connectivity index (χ4v) is 5.53. The van der Waals surface area contributed by atoms with Crippen LogP contribution >= 0.6 is 11.6 Å². The van der Waals surface area contributed by atoms with Crippen molar-refractivity contribution in [2.75, 3.05) is 26.2 Å². The second kappa shape index (κ2) is 10.2. The molecule has 7 heteroatoms. The van der Waals surface area contributed by atoms with Crippen molar-refractivity contribution in [2.24, 2.45) is 0 Å². The molecular formula is C26H25ClN3O2S+. The third-order valence-electron chi connectivity index (χ3n) is 5.94. The summed E-state index contributed by atoms with van der Waals surface area (Å²) in [6.45, 7) is 2.97. The van der Waals surface area contributed by atoms with Gasteiger partial charge in [-0.25, -0.2) is 8.42 Å². The molecule has 0 spiro atoms. The first kappa shape index (κ1) is 23.1. The summed E-state index contributed by atoms with van der Waals surface area (Å²) in [6.07, 6.45) is 1.49. The number of rotatable bonds is 6. The smallest absolute Gasteiger partial charge is 0.218 e. The number of nitrogens with zero attached hydrogens (tertiary/aromatic N) is 2. The molecule has 5 nitrogen and oxygen atoms in total. The van der Waals surface area contributed by atoms with Gasteiger partial charge in [-0.3, -0.25) is 0 Å². The van der Waals surface area contributed by atoms with E-state index in [0.717, 1.165) is 13.1 Å². The molecule has 0 unspecified atom stereocenters. The molecule has 1 aliphatic heterocycles. The molecule has 33 heavy (non-hydrogen) atoms. The van der Waals surface area contributed by atoms with Gasteiger partial charge in [-0.15, -0.1) is 0 Å². The summed E-state index contributed by atoms with van der Waals surface area (Å²) in [7, 11) is -3.89. The zero-order valence-electron chi connectivity index (χ0n) is 18.1. The number of halogens is 1. The van der Waals surface area contributed by atoms with Crippen LogP contribution in [0.3, 0.4) is 0 Å². The minimum atomic E-state index is -3.89. The lowest BCUT2D eigenvalue weighted by atomic mass is 9.96. The zero-order chi connectivity index (χ0) is 23.3. The Hall–Kier alpha value is -3.11. The maximum absolute atomic E-state index is 12.9. The highest BCUT2D eigenvalue weighted by atomic mass is 35.5. The fraction of sp³-hybridized carbons (Fsp3) is 0.192. The van der Waals surface area contributed by atoms with Crippen LogP contribution in [0.15, 0.2) is 101 Å². The quantitative estimate of drug-likeness (QED) is 0.551. The summed E-state index contributed by atoms with van der Waals surface area (Å²) in [4.78, 5) is 3.16. The molecule has 0 radical (unpaired) electrons. The van der Waals surface area contributed by atoms with Crippen LogP contribution in [0.5, 0.6) is 0 Å². The van der Waals surface area contributed by atoms with Gasteiger partial charge in [0.1, 0.15) is 12.1 Å². The molecule has 0 aromatic heterocycles. The number of quaternary nitrogens is 1. The van der Waals surface area contributed by atoms with E-state index in [1.807, 2.05) is 23.1 Å². The second-order valence-corrected chi connectivity index (χ2v) is 10.4. The fourth-order valence-electron chi connectivity index (χ4n) is 4.25. The first-order valence-corrected chi connectivity index (χ1v) is 12.7. The van der Waals surface area contributed by atoms with Crippen molar-refractivity contribution in [3.63, 3.8) is 0 Å². The highest BCUT2D eigenvalue weighted by Gasteiger charge is 2.30. The molecule has 0 aliphatic carbocycles. The molecule has 0 amide bonds. The van der Waals surface area contributed by atoms with Crippen molar-refractivity contribution in [1.82, 2.24) is 4.90 Å². The molecule has 1 fully saturated rings. The van der Waals surface area contributed by atoms with Crippen LogP contribution in [0.25, 0.3) is 0 Å². The third kappa shape index (κ3) is 5.28. The average molecular weight is 479 g/mol. The van der Waals surface area contributed by atoms with Gasteiger partial charge in [-0.05, 0) is 24.3 Å². The first-order valence-electron chi connectivity index (χ1n) is 10.8. The van der Waals surface area contributed by atoms with Gasteiger partial charge in [0.15, 0.2) is 4.91 Å². The molecule has 1 aliphatic rings. The van der Waals surface area contributed by atoms with Crippen molar-refractivity contribution < 1.29 is 13.3 Å². The Labute approximate surface area is 200 Å². The predicted molar refractivity (Wildman–Crippen MR) is 129 cm³/mol. The normalized spacial score (nSPS) is 15.4. The highest BCUT2D eigenvalue weighted by Crippen LogP contribution is 2.22. The van der Waals surface area contributed by atoms with E-state index in [2.05, 4.69) is 48.5 Å². The van der Waals surface area contributed by atoms with E-state index >= 15 is 0 Å². The minimum Gasteiger partial charge on any atom is -0.364 e. The number of allylic oxidation sites excluding steroid dienone is 1. The monoisotopic (exact) mass is 478 g/mol. The SMILES string of the molecule is N#C/C(=C\N1CC[NH+](C(c2ccccc2)c2ccccc2)CC1)S(=O)(=O)c1ccc(Cl)cc1. The molecule has 1 N–H and O–H groups in total. The van der Waals surface area contributed by atoms with Crippen LogP contribution in [0.4, 0.5) is 0 Å². The van der Waals surface area contributed by atoms with Crippen molar-refractivity contribution in [3.05, 3.63) is 112 Å². The Kier molecular flexibility index (Phi) is 7.14. The maximum Gasteiger partial charge on any atom is 0.218 e. The van der Waals surface area contributed by atoms with Crippen LogP contribution in [-0.2, 0) is 9.84 Å². The molecule has 0 bridgehead atoms. The number of nitriles is 1. The van der Waals surface area contributed by atoms with Gasteiger partial charge in [0.25, 0.3) is 0 Å². The van der Waals surface area contributed by atoms with Crippen molar-refractivity contribution in [1.29, 1.82) is 5.26 Å². The van der Waals surface area contributed by atoms with Gasteiger partial charge in [-0.1, -0.05) is 72.3 Å². The summed E-state index contributed by atoms with van der Waals surface area (Å²) in [5.41, 5.74) is 2.51. The molecule has 1 heterocycles. The Morgan fingerprint density at radius 1 is 0.909 bits per heavy atom. The molecule has 4 rings (SSSR count). The van der Waals surface area contributed by atoms with Gasteiger partial charge in [-0.2, -0.15) is 5.26 Å². The lowest BCUT2D eigenvalue weighted by molar-refractivity contribution is -0.929. The summed E-state index contributed by atoms with van der Waals surface area (Å²) in [5, 5.41) is 10.0. The van der Waals surface area contributed by atoms with Crippen LogP contribution in [0.1, 0.15) is 17.2 Å². The largest absolute Gasteiger partial charge is 0.364 e. The summed E-state index contributed by atoms with van der Waals surface area (Å²) >= 11 is 5.87. The van der Waals surface area contributed by atoms with Crippen LogP contribution < -0.4 is 4.90 Å². The molecule has 3 aromatic rings. The Morgan fingerprint density at radius 3 is 1.91 bits per heavy atom. The van der Waals surface area contributed by atoms with Crippen molar-refractivity contribution >= 4 is 21.4 Å². The van der Waals surface area contributed by atoms with Gasteiger partial charge >= 0.3 is 0 Å². The highest BCUT2D eigenvalue weighted by molar-refractivity contribution is 7.95. The number of nitrogens with one attached hydrogen (secondary N) is 1. The first-order chi connectivity index (χ1) is 16.0. The Balaban J connectivity index is 1.53. The second-order valence-electron chi connectivity index (χ2n) is 8.01. The molecule has 1 saturated heterocycles. The number of sulfone groups is 1. The lowest BCUT2D eigenvalue weighted by Crippen LogP contribution is -3.15. The van der Waals surface area contributed by atoms with Crippen LogP contribution in [-0.4, -0.2) is 39.5 Å². The lowest BCUT2D eigenvalue weighted by Gasteiger charge is -2.36. The van der Waals surface area contributed by atoms with E-state index in [1.165, 1.54) is 46.5 Å². The van der Waals surface area contributed by atoms with Crippen molar-refractivity contribution in [3.8, 4) is 6.07 Å². The van der Waals surface area contributed by atoms with Crippen LogP contribution in [0, 0.1) is 11.3 Å². The van der Waals surface area contributed by atoms with Gasteiger partial charge in [0.2, 0.25) is 9.84 Å². The third-order valence-corrected chi connectivity index (χ3v) is 7.86. The summed E-state index contributed by atoms with van der Waals surface area (Å²) < 4.78 is 25.9. The molecule has 3 aromatic carbocycles. The molecule has 0 saturated carbocycles. The predicted octanol–water partition coefficient (Wildman–Crippen LogP) is 3.47. The molecule has 168 valence electrons. The molecular weight excluding hydrogens is 454 g/mol. The van der Waals surface area contributed by atoms with E-state index in [0.29, 0.717) is 18.1 Å². The minimum absolute atomic E-state index is 0.0668. The standard InChI is InChI=1S/C26H24ClN3O2S/c27-23-11-13-24(14-12-23)33(31,32)25(19-28)20-29-15-17-30(18-16-29)26(21-7-3-1-4-8-21)22-9-5-2-6-10-22/h1-14,20,26H,15-18H2/p+1/b25-20+. The van der Waals surface area contributed by atoms with E-state index in [9.17, 15) is 13.7 Å². The Bertz CT molecular complexity index is 1210. The van der Waals surface area contributed by atoms with Gasteiger partial charge in [0, 0.05) is 22.3 Å². The Morgan fingerprint density at radius 2 is 1.42 bits per heavy atom. The topological polar surface area (TPSA) is 65.6 Å².